The molecule has 1 aromatic heterocycles. The number of nitrogens with zero attached hydrogens (tertiary/aromatic N) is 1. The van der Waals surface area contributed by atoms with Crippen molar-refractivity contribution >= 4 is 26.8 Å². The summed E-state index contributed by atoms with van der Waals surface area (Å²) in [6, 6.07) is 10.2. The van der Waals surface area contributed by atoms with E-state index in [1.54, 1.807) is 7.11 Å². The quantitative estimate of drug-likeness (QED) is 0.573. The van der Waals surface area contributed by atoms with Crippen LogP contribution in [-0.2, 0) is 12.8 Å². The maximum Gasteiger partial charge on any atom is 0.231 e. The molecule has 0 amide bonds. The SMILES string of the molecule is COc1ccc2nc3c(cc2c1OCCBr)CCc1cc2c(cc1-3)OCO2. The number of aromatic nitrogens is 1. The van der Waals surface area contributed by atoms with Gasteiger partial charge in [-0.1, -0.05) is 15.9 Å². The summed E-state index contributed by atoms with van der Waals surface area (Å²) in [5, 5.41) is 1.74. The Kier molecular flexibility index (Phi) is 4.08. The van der Waals surface area contributed by atoms with Gasteiger partial charge in [0.15, 0.2) is 23.0 Å². The fourth-order valence-electron chi connectivity index (χ4n) is 3.80. The molecule has 0 saturated carbocycles. The van der Waals surface area contributed by atoms with Crippen LogP contribution in [0.3, 0.4) is 0 Å². The number of rotatable bonds is 4. The summed E-state index contributed by atoms with van der Waals surface area (Å²) >= 11 is 3.42. The van der Waals surface area contributed by atoms with Crippen molar-refractivity contribution in [1.82, 2.24) is 4.98 Å². The largest absolute Gasteiger partial charge is 0.493 e. The first-order chi connectivity index (χ1) is 13.3. The summed E-state index contributed by atoms with van der Waals surface area (Å²) in [4.78, 5) is 4.98. The number of benzene rings is 2. The van der Waals surface area contributed by atoms with Crippen LogP contribution in [0.5, 0.6) is 23.0 Å². The molecule has 1 aliphatic carbocycles. The molecule has 0 fully saturated rings. The number of alkyl halides is 1. The highest BCUT2D eigenvalue weighted by Crippen LogP contribution is 2.44. The van der Waals surface area contributed by atoms with Crippen LogP contribution < -0.4 is 18.9 Å². The van der Waals surface area contributed by atoms with Gasteiger partial charge in [-0.05, 0) is 54.3 Å². The fraction of sp³-hybridized carbons (Fsp3) is 0.286. The summed E-state index contributed by atoms with van der Waals surface area (Å²) in [7, 11) is 1.66. The van der Waals surface area contributed by atoms with Crippen LogP contribution >= 0.6 is 15.9 Å². The van der Waals surface area contributed by atoms with Gasteiger partial charge in [-0.2, -0.15) is 0 Å². The second-order valence-corrected chi connectivity index (χ2v) is 7.35. The number of hydrogen-bond donors (Lipinski definition) is 0. The minimum Gasteiger partial charge on any atom is -0.493 e. The zero-order chi connectivity index (χ0) is 18.4. The first-order valence-corrected chi connectivity index (χ1v) is 10.0. The van der Waals surface area contributed by atoms with E-state index in [2.05, 4.69) is 34.1 Å². The molecule has 2 aromatic carbocycles. The molecule has 5 nitrogen and oxygen atoms in total. The molecule has 0 atom stereocenters. The number of methoxy groups -OCH3 is 1. The molecular weight excluding hydrogens is 410 g/mol. The van der Waals surface area contributed by atoms with Crippen molar-refractivity contribution in [1.29, 1.82) is 0 Å². The Hall–Kier alpha value is -2.47. The summed E-state index contributed by atoms with van der Waals surface area (Å²) in [6.07, 6.45) is 1.88. The molecule has 0 spiro atoms. The van der Waals surface area contributed by atoms with Crippen LogP contribution in [0, 0.1) is 0 Å². The number of pyridine rings is 1. The number of fused-ring (bicyclic) bond motifs is 5. The highest BCUT2D eigenvalue weighted by Gasteiger charge is 2.24. The van der Waals surface area contributed by atoms with Crippen LogP contribution in [0.1, 0.15) is 11.1 Å². The minimum atomic E-state index is 0.282. The van der Waals surface area contributed by atoms with E-state index in [1.165, 1.54) is 11.1 Å². The predicted molar refractivity (Wildman–Crippen MR) is 107 cm³/mol. The van der Waals surface area contributed by atoms with Gasteiger partial charge in [-0.3, -0.25) is 0 Å². The van der Waals surface area contributed by atoms with Crippen LogP contribution in [0.15, 0.2) is 30.3 Å². The van der Waals surface area contributed by atoms with Gasteiger partial charge in [0, 0.05) is 16.3 Å². The van der Waals surface area contributed by atoms with Gasteiger partial charge in [0.1, 0.15) is 0 Å². The van der Waals surface area contributed by atoms with E-state index in [-0.39, 0.29) is 6.79 Å². The Morgan fingerprint density at radius 1 is 1.07 bits per heavy atom. The summed E-state index contributed by atoms with van der Waals surface area (Å²) in [5.74, 6) is 3.10. The van der Waals surface area contributed by atoms with Crippen molar-refractivity contribution in [2.24, 2.45) is 0 Å². The van der Waals surface area contributed by atoms with Crippen molar-refractivity contribution in [3.63, 3.8) is 0 Å². The molecular formula is C21H18BrNO4. The second-order valence-electron chi connectivity index (χ2n) is 6.56. The maximum absolute atomic E-state index is 5.96. The molecule has 138 valence electrons. The van der Waals surface area contributed by atoms with Crippen molar-refractivity contribution in [2.45, 2.75) is 12.8 Å². The minimum absolute atomic E-state index is 0.282. The fourth-order valence-corrected chi connectivity index (χ4v) is 3.96. The average molecular weight is 428 g/mol. The van der Waals surface area contributed by atoms with Gasteiger partial charge >= 0.3 is 0 Å². The van der Waals surface area contributed by atoms with Crippen LogP contribution in [-0.4, -0.2) is 30.8 Å². The molecule has 6 heteroatoms. The van der Waals surface area contributed by atoms with Crippen LogP contribution in [0.4, 0.5) is 0 Å². The van der Waals surface area contributed by atoms with Crippen molar-refractivity contribution < 1.29 is 18.9 Å². The molecule has 2 heterocycles. The first-order valence-electron chi connectivity index (χ1n) is 8.91. The molecule has 2 aliphatic rings. The van der Waals surface area contributed by atoms with E-state index in [9.17, 15) is 0 Å². The Morgan fingerprint density at radius 2 is 1.89 bits per heavy atom. The Bertz CT molecular complexity index is 1050. The van der Waals surface area contributed by atoms with Gasteiger partial charge in [-0.15, -0.1) is 0 Å². The molecule has 0 saturated heterocycles. The van der Waals surface area contributed by atoms with Gasteiger partial charge in [-0.25, -0.2) is 4.98 Å². The smallest absolute Gasteiger partial charge is 0.231 e. The van der Waals surface area contributed by atoms with Crippen molar-refractivity contribution in [2.75, 3.05) is 25.8 Å². The summed E-state index contributed by atoms with van der Waals surface area (Å²) in [6.45, 7) is 0.850. The zero-order valence-corrected chi connectivity index (χ0v) is 16.5. The molecule has 0 N–H and O–H groups in total. The highest BCUT2D eigenvalue weighted by atomic mass is 79.9. The topological polar surface area (TPSA) is 49.8 Å². The van der Waals surface area contributed by atoms with Crippen LogP contribution in [0.25, 0.3) is 22.2 Å². The van der Waals surface area contributed by atoms with Gasteiger partial charge in [0.25, 0.3) is 0 Å². The Labute approximate surface area is 165 Å². The van der Waals surface area contributed by atoms with E-state index in [0.29, 0.717) is 6.61 Å². The molecule has 0 radical (unpaired) electrons. The van der Waals surface area contributed by atoms with E-state index >= 15 is 0 Å². The molecule has 3 aromatic rings. The molecule has 0 bridgehead atoms. The molecule has 0 unspecified atom stereocenters. The van der Waals surface area contributed by atoms with E-state index in [4.69, 9.17) is 23.9 Å². The van der Waals surface area contributed by atoms with Gasteiger partial charge in [0.2, 0.25) is 6.79 Å². The van der Waals surface area contributed by atoms with Gasteiger partial charge in [0.05, 0.1) is 24.9 Å². The third kappa shape index (κ3) is 2.70. The Morgan fingerprint density at radius 3 is 2.70 bits per heavy atom. The zero-order valence-electron chi connectivity index (χ0n) is 14.9. The molecule has 5 rings (SSSR count). The lowest BCUT2D eigenvalue weighted by Gasteiger charge is -2.21. The maximum atomic E-state index is 5.96. The number of ether oxygens (including phenoxy) is 4. The van der Waals surface area contributed by atoms with E-state index < -0.39 is 0 Å². The van der Waals surface area contributed by atoms with Gasteiger partial charge < -0.3 is 18.9 Å². The summed E-state index contributed by atoms with van der Waals surface area (Å²) < 4.78 is 22.6. The van der Waals surface area contributed by atoms with Crippen LogP contribution in [0.2, 0.25) is 0 Å². The predicted octanol–water partition coefficient (Wildman–Crippen LogP) is 4.51. The van der Waals surface area contributed by atoms with E-state index in [1.807, 2.05) is 12.1 Å². The lowest BCUT2D eigenvalue weighted by Crippen LogP contribution is -2.07. The third-order valence-corrected chi connectivity index (χ3v) is 5.38. The highest BCUT2D eigenvalue weighted by molar-refractivity contribution is 9.09. The molecule has 1 aliphatic heterocycles. The summed E-state index contributed by atoms with van der Waals surface area (Å²) in [5.41, 5.74) is 5.50. The molecule has 27 heavy (non-hydrogen) atoms. The first kappa shape index (κ1) is 16.7. The average Bonchev–Trinajstić information content (AvgIpc) is 3.16. The number of hydrogen-bond acceptors (Lipinski definition) is 5. The number of aryl methyl sites for hydroxylation is 2. The third-order valence-electron chi connectivity index (χ3n) is 5.05. The van der Waals surface area contributed by atoms with E-state index in [0.717, 1.165) is 63.3 Å². The Balaban J connectivity index is 1.69. The second kappa shape index (κ2) is 6.60. The van der Waals surface area contributed by atoms with Crippen molar-refractivity contribution in [3.05, 3.63) is 41.5 Å². The lowest BCUT2D eigenvalue weighted by atomic mass is 9.88. The lowest BCUT2D eigenvalue weighted by molar-refractivity contribution is 0.174. The van der Waals surface area contributed by atoms with Crippen molar-refractivity contribution in [3.8, 4) is 34.3 Å². The monoisotopic (exact) mass is 427 g/mol. The standard InChI is InChI=1S/C21H18BrNO4/c1-24-17-5-4-16-15(21(17)25-7-6-22)8-13-3-2-12-9-18-19(27-11-26-18)10-14(12)20(13)23-16/h4-5,8-10H,2-3,6-7,11H2,1H3. The normalized spacial score (nSPS) is 14.0. The number of halogens is 1.